The molecule has 29 heavy (non-hydrogen) atoms. The van der Waals surface area contributed by atoms with Gasteiger partial charge in [0.05, 0.1) is 18.7 Å². The van der Waals surface area contributed by atoms with E-state index in [1.807, 2.05) is 19.1 Å². The van der Waals surface area contributed by atoms with Gasteiger partial charge in [0.15, 0.2) is 0 Å². The number of amides is 1. The maximum absolute atomic E-state index is 12.1. The molecule has 0 radical (unpaired) electrons. The van der Waals surface area contributed by atoms with E-state index in [0.29, 0.717) is 5.92 Å². The highest BCUT2D eigenvalue weighted by atomic mass is 16.5. The summed E-state index contributed by atoms with van der Waals surface area (Å²) in [5, 5.41) is 2.93. The van der Waals surface area contributed by atoms with Crippen molar-refractivity contribution in [3.8, 4) is 0 Å². The summed E-state index contributed by atoms with van der Waals surface area (Å²) in [6.07, 6.45) is 6.39. The number of nitrogens with one attached hydrogen (secondary N) is 1. The molecule has 3 rings (SSSR count). The van der Waals surface area contributed by atoms with Gasteiger partial charge in [-0.15, -0.1) is 0 Å². The van der Waals surface area contributed by atoms with E-state index < -0.39 is 0 Å². The van der Waals surface area contributed by atoms with Gasteiger partial charge in [-0.25, -0.2) is 4.79 Å². The van der Waals surface area contributed by atoms with Crippen LogP contribution in [0, 0.1) is 5.92 Å². The summed E-state index contributed by atoms with van der Waals surface area (Å²) in [6, 6.07) is 14.7. The van der Waals surface area contributed by atoms with Gasteiger partial charge in [-0.1, -0.05) is 36.4 Å². The second kappa shape index (κ2) is 9.73. The van der Waals surface area contributed by atoms with Crippen molar-refractivity contribution in [2.24, 2.45) is 5.92 Å². The summed E-state index contributed by atoms with van der Waals surface area (Å²) in [7, 11) is 1.45. The second-order valence-corrected chi connectivity index (χ2v) is 8.10. The summed E-state index contributed by atoms with van der Waals surface area (Å²) in [4.78, 5) is 23.3. The molecule has 0 heterocycles. The van der Waals surface area contributed by atoms with E-state index in [2.05, 4.69) is 35.6 Å². The fourth-order valence-corrected chi connectivity index (χ4v) is 4.40. The van der Waals surface area contributed by atoms with E-state index in [4.69, 9.17) is 4.74 Å². The Morgan fingerprint density at radius 1 is 1.10 bits per heavy atom. The van der Waals surface area contributed by atoms with Crippen LogP contribution in [0.5, 0.6) is 0 Å². The molecule has 1 N–H and O–H groups in total. The van der Waals surface area contributed by atoms with Crippen molar-refractivity contribution in [1.29, 1.82) is 0 Å². The first-order valence-electron chi connectivity index (χ1n) is 10.5. The van der Waals surface area contributed by atoms with Crippen LogP contribution in [-0.4, -0.2) is 19.0 Å². The number of rotatable bonds is 5. The monoisotopic (exact) mass is 393 g/mol. The maximum atomic E-state index is 12.1. The van der Waals surface area contributed by atoms with Gasteiger partial charge in [0.25, 0.3) is 0 Å². The van der Waals surface area contributed by atoms with Gasteiger partial charge < -0.3 is 10.1 Å². The van der Waals surface area contributed by atoms with E-state index in [9.17, 15) is 9.59 Å². The van der Waals surface area contributed by atoms with E-state index in [-0.39, 0.29) is 17.9 Å². The van der Waals surface area contributed by atoms with E-state index in [1.54, 1.807) is 6.92 Å². The summed E-state index contributed by atoms with van der Waals surface area (Å²) in [5.74, 6) is 0.405. The first kappa shape index (κ1) is 21.1. The van der Waals surface area contributed by atoms with Crippen LogP contribution >= 0.6 is 0 Å². The lowest BCUT2D eigenvalue weighted by molar-refractivity contribution is -0.119. The fraction of sp³-hybridized carbons (Fsp3) is 0.440. The van der Waals surface area contributed by atoms with E-state index in [0.717, 1.165) is 43.2 Å². The largest absolute Gasteiger partial charge is 0.465 e. The molecule has 1 unspecified atom stereocenters. The van der Waals surface area contributed by atoms with Crippen molar-refractivity contribution in [3.63, 3.8) is 0 Å². The number of hydrogen-bond acceptors (Lipinski definition) is 3. The minimum atomic E-state index is -0.229. The second-order valence-electron chi connectivity index (χ2n) is 8.10. The number of carbonyl (C=O) groups is 2. The van der Waals surface area contributed by atoms with Crippen molar-refractivity contribution in [3.05, 3.63) is 70.3 Å². The van der Waals surface area contributed by atoms with Gasteiger partial charge in [0.2, 0.25) is 5.91 Å². The average molecular weight is 394 g/mol. The lowest BCUT2D eigenvalue weighted by atomic mass is 9.82. The first-order chi connectivity index (χ1) is 14.0. The van der Waals surface area contributed by atoms with Crippen LogP contribution in [0.15, 0.2) is 42.5 Å². The van der Waals surface area contributed by atoms with Crippen molar-refractivity contribution < 1.29 is 14.3 Å². The summed E-state index contributed by atoms with van der Waals surface area (Å²) < 4.78 is 4.96. The molecule has 0 spiro atoms. The van der Waals surface area contributed by atoms with Crippen LogP contribution in [0.2, 0.25) is 0 Å². The Hall–Kier alpha value is -2.62. The molecule has 4 heteroatoms. The Kier molecular flexibility index (Phi) is 7.08. The molecule has 0 saturated heterocycles. The molecule has 1 aliphatic rings. The van der Waals surface area contributed by atoms with Crippen molar-refractivity contribution in [2.75, 3.05) is 7.11 Å². The minimum Gasteiger partial charge on any atom is -0.465 e. The highest BCUT2D eigenvalue weighted by Crippen LogP contribution is 2.29. The van der Waals surface area contributed by atoms with Gasteiger partial charge in [0.1, 0.15) is 0 Å². The third-order valence-corrected chi connectivity index (χ3v) is 5.96. The van der Waals surface area contributed by atoms with Crippen molar-refractivity contribution >= 4 is 11.9 Å². The lowest BCUT2D eigenvalue weighted by Crippen LogP contribution is -2.23. The van der Waals surface area contributed by atoms with Gasteiger partial charge in [-0.05, 0) is 79.7 Å². The van der Waals surface area contributed by atoms with Gasteiger partial charge >= 0.3 is 5.97 Å². The van der Waals surface area contributed by atoms with Gasteiger partial charge in [-0.2, -0.15) is 0 Å². The molecule has 0 bridgehead atoms. The molecular weight excluding hydrogens is 362 g/mol. The predicted molar refractivity (Wildman–Crippen MR) is 115 cm³/mol. The van der Waals surface area contributed by atoms with Crippen molar-refractivity contribution in [2.45, 2.75) is 58.4 Å². The third kappa shape index (κ3) is 5.47. The molecule has 1 aliphatic carbocycles. The predicted octanol–water partition coefficient (Wildman–Crippen LogP) is 4.80. The zero-order chi connectivity index (χ0) is 20.8. The molecule has 154 valence electrons. The van der Waals surface area contributed by atoms with Crippen LogP contribution in [0.3, 0.4) is 0 Å². The Balaban J connectivity index is 1.65. The average Bonchev–Trinajstić information content (AvgIpc) is 2.69. The topological polar surface area (TPSA) is 55.4 Å². The number of carbonyl (C=O) groups excluding carboxylic acids is 2. The number of aryl methyl sites for hydroxylation is 1. The van der Waals surface area contributed by atoms with Crippen LogP contribution < -0.4 is 5.32 Å². The lowest BCUT2D eigenvalue weighted by Gasteiger charge is -2.23. The quantitative estimate of drug-likeness (QED) is 0.743. The molecule has 0 aliphatic heterocycles. The van der Waals surface area contributed by atoms with Crippen molar-refractivity contribution in [1.82, 2.24) is 5.32 Å². The number of benzene rings is 2. The molecule has 4 nitrogen and oxygen atoms in total. The molecule has 0 saturated carbocycles. The standard InChI is InChI=1S/C25H31NO3/c1-17(26-18(2)27)21-13-10-20(11-14-21)16-19-6-4-8-23-22(15-12-19)7-5-9-24(23)25(28)29-3/h5,7,9-11,13-14,17,19H,4,6,8,12,15-16H2,1-3H3,(H,26,27)/t17-,19?/m0/s1. The van der Waals surface area contributed by atoms with Crippen LogP contribution in [0.25, 0.3) is 0 Å². The molecule has 2 aromatic carbocycles. The number of esters is 1. The molecular formula is C25H31NO3. The summed E-state index contributed by atoms with van der Waals surface area (Å²) in [5.41, 5.74) is 5.67. The summed E-state index contributed by atoms with van der Waals surface area (Å²) >= 11 is 0. The Morgan fingerprint density at radius 3 is 2.55 bits per heavy atom. The molecule has 2 atom stereocenters. The third-order valence-electron chi connectivity index (χ3n) is 5.96. The van der Waals surface area contributed by atoms with Crippen LogP contribution in [0.1, 0.15) is 71.8 Å². The smallest absolute Gasteiger partial charge is 0.338 e. The minimum absolute atomic E-state index is 0.00765. The Labute approximate surface area is 173 Å². The molecule has 2 aromatic rings. The zero-order valence-corrected chi connectivity index (χ0v) is 17.7. The highest BCUT2D eigenvalue weighted by molar-refractivity contribution is 5.91. The van der Waals surface area contributed by atoms with Gasteiger partial charge in [0, 0.05) is 6.92 Å². The fourth-order valence-electron chi connectivity index (χ4n) is 4.40. The first-order valence-corrected chi connectivity index (χ1v) is 10.5. The molecule has 0 fully saturated rings. The Morgan fingerprint density at radius 2 is 1.86 bits per heavy atom. The Bertz CT molecular complexity index is 857. The number of methoxy groups -OCH3 is 1. The maximum Gasteiger partial charge on any atom is 0.338 e. The molecule has 1 amide bonds. The summed E-state index contributed by atoms with van der Waals surface area (Å²) in [6.45, 7) is 3.55. The highest BCUT2D eigenvalue weighted by Gasteiger charge is 2.20. The van der Waals surface area contributed by atoms with Gasteiger partial charge in [-0.3, -0.25) is 4.79 Å². The van der Waals surface area contributed by atoms with Crippen LogP contribution in [0.4, 0.5) is 0 Å². The number of hydrogen-bond donors (Lipinski definition) is 1. The SMILES string of the molecule is COC(=O)c1cccc2c1CCCC(Cc1ccc([C@H](C)NC(C)=O)cc1)CC2. The molecule has 0 aromatic heterocycles. The normalized spacial score (nSPS) is 17.4. The van der Waals surface area contributed by atoms with E-state index >= 15 is 0 Å². The zero-order valence-electron chi connectivity index (χ0n) is 17.7. The number of ether oxygens (including phenoxy) is 1. The van der Waals surface area contributed by atoms with Crippen LogP contribution in [-0.2, 0) is 28.8 Å². The van der Waals surface area contributed by atoms with E-state index in [1.165, 1.54) is 30.2 Å². The number of fused-ring (bicyclic) bond motifs is 1.